The minimum Gasteiger partial charge on any atom is -0.444 e. The Morgan fingerprint density at radius 2 is 1.64 bits per heavy atom. The molecule has 1 aromatic carbocycles. The van der Waals surface area contributed by atoms with Crippen LogP contribution in [0, 0.1) is 0 Å². The summed E-state index contributed by atoms with van der Waals surface area (Å²) in [7, 11) is -1.89. The van der Waals surface area contributed by atoms with Crippen LogP contribution in [0.3, 0.4) is 0 Å². The number of benzene rings is 1. The molecule has 0 spiro atoms. The fourth-order valence-corrected chi connectivity index (χ4v) is 3.46. The molecule has 0 saturated carbocycles. The van der Waals surface area contributed by atoms with E-state index in [1.54, 1.807) is 0 Å². The summed E-state index contributed by atoms with van der Waals surface area (Å²) in [5, 5.41) is 13.5. The minimum absolute atomic E-state index is 0.109. The van der Waals surface area contributed by atoms with Gasteiger partial charge in [-0.3, -0.25) is 0 Å². The summed E-state index contributed by atoms with van der Waals surface area (Å²) < 4.78 is 11.5. The summed E-state index contributed by atoms with van der Waals surface area (Å²) in [4.78, 5) is 12.2. The molecule has 1 rings (SSSR count). The highest BCUT2D eigenvalue weighted by atomic mass is 28.4. The van der Waals surface area contributed by atoms with Crippen LogP contribution < -0.4 is 5.32 Å². The van der Waals surface area contributed by atoms with Gasteiger partial charge in [0.2, 0.25) is 0 Å². The Hall–Kier alpha value is -1.37. The Labute approximate surface area is 172 Å². The van der Waals surface area contributed by atoms with Crippen LogP contribution in [0.2, 0.25) is 18.1 Å². The summed E-state index contributed by atoms with van der Waals surface area (Å²) in [5.41, 5.74) is 0.438. The van der Waals surface area contributed by atoms with Crippen LogP contribution in [-0.4, -0.2) is 37.8 Å². The number of carbonyl (C=O) groups is 1. The smallest absolute Gasteiger partial charge is 0.408 e. The highest BCUT2D eigenvalue weighted by molar-refractivity contribution is 6.74. The number of aliphatic hydroxyl groups is 1. The van der Waals surface area contributed by atoms with Gasteiger partial charge in [-0.1, -0.05) is 51.1 Å². The van der Waals surface area contributed by atoms with Gasteiger partial charge in [0, 0.05) is 0 Å². The van der Waals surface area contributed by atoms with Crippen molar-refractivity contribution in [3.63, 3.8) is 0 Å². The molecule has 0 heterocycles. The Bertz CT molecular complexity index is 605. The first-order chi connectivity index (χ1) is 12.7. The monoisotopic (exact) mass is 409 g/mol. The summed E-state index contributed by atoms with van der Waals surface area (Å²) >= 11 is 0. The minimum atomic E-state index is -1.89. The van der Waals surface area contributed by atoms with Crippen molar-refractivity contribution in [3.05, 3.63) is 35.9 Å². The van der Waals surface area contributed by atoms with Gasteiger partial charge in [0.25, 0.3) is 0 Å². The normalized spacial score (nSPS) is 15.0. The van der Waals surface area contributed by atoms with Crippen LogP contribution >= 0.6 is 0 Å². The molecule has 1 amide bonds. The quantitative estimate of drug-likeness (QED) is 0.563. The lowest BCUT2D eigenvalue weighted by molar-refractivity contribution is 0.0486. The van der Waals surface area contributed by atoms with Crippen molar-refractivity contribution in [1.82, 2.24) is 5.32 Å². The molecular formula is C22H39NO4Si. The molecule has 2 N–H and O–H groups in total. The molecule has 0 aliphatic rings. The zero-order valence-electron chi connectivity index (χ0n) is 18.8. The fraction of sp³-hybridized carbons (Fsp3) is 0.682. The third-order valence-corrected chi connectivity index (χ3v) is 9.62. The molecule has 0 bridgehead atoms. The standard InChI is InChI=1S/C22H39NO4Si/c1-21(2,3)27-20(25)23-19(17-12-10-9-11-13-17)15-14-18(24)16-26-28(7,8)22(4,5)6/h9-13,18-19,24H,14-16H2,1-8H3,(H,23,25). The lowest BCUT2D eigenvalue weighted by atomic mass is 10.0. The van der Waals surface area contributed by atoms with Gasteiger partial charge in [-0.2, -0.15) is 0 Å². The van der Waals surface area contributed by atoms with Crippen molar-refractivity contribution >= 4 is 14.4 Å². The van der Waals surface area contributed by atoms with Crippen molar-refractivity contribution < 1.29 is 19.1 Å². The fourth-order valence-electron chi connectivity index (χ4n) is 2.42. The molecule has 0 fully saturated rings. The van der Waals surface area contributed by atoms with Crippen LogP contribution in [0.1, 0.15) is 66.0 Å². The van der Waals surface area contributed by atoms with E-state index in [2.05, 4.69) is 39.2 Å². The van der Waals surface area contributed by atoms with E-state index >= 15 is 0 Å². The van der Waals surface area contributed by atoms with Crippen LogP contribution in [0.25, 0.3) is 0 Å². The molecule has 5 nitrogen and oxygen atoms in total. The molecule has 1 aromatic rings. The van der Waals surface area contributed by atoms with Crippen molar-refractivity contribution in [2.45, 2.75) is 90.3 Å². The number of rotatable bonds is 8. The summed E-state index contributed by atoms with van der Waals surface area (Å²) in [6.45, 7) is 16.7. The Kier molecular flexibility index (Phi) is 8.72. The maximum atomic E-state index is 12.2. The van der Waals surface area contributed by atoms with Gasteiger partial charge in [-0.25, -0.2) is 4.79 Å². The average Bonchev–Trinajstić information content (AvgIpc) is 2.55. The SMILES string of the molecule is CC(C)(C)OC(=O)NC(CCC(O)CO[Si](C)(C)C(C)(C)C)c1ccccc1. The lowest BCUT2D eigenvalue weighted by Crippen LogP contribution is -2.42. The Morgan fingerprint density at radius 3 is 2.14 bits per heavy atom. The molecule has 6 heteroatoms. The Morgan fingerprint density at radius 1 is 1.07 bits per heavy atom. The zero-order valence-corrected chi connectivity index (χ0v) is 19.8. The van der Waals surface area contributed by atoms with Crippen LogP contribution in [0.15, 0.2) is 30.3 Å². The van der Waals surface area contributed by atoms with Gasteiger partial charge in [-0.05, 0) is 57.3 Å². The van der Waals surface area contributed by atoms with Gasteiger partial charge >= 0.3 is 6.09 Å². The highest BCUT2D eigenvalue weighted by Crippen LogP contribution is 2.36. The number of ether oxygens (including phenoxy) is 1. The van der Waals surface area contributed by atoms with E-state index in [0.29, 0.717) is 19.4 Å². The first kappa shape index (κ1) is 24.7. The second-order valence-corrected chi connectivity index (χ2v) is 14.7. The third kappa shape index (κ3) is 8.75. The molecule has 0 saturated heterocycles. The van der Waals surface area contributed by atoms with Crippen molar-refractivity contribution in [2.75, 3.05) is 6.61 Å². The largest absolute Gasteiger partial charge is 0.444 e. The summed E-state index contributed by atoms with van der Waals surface area (Å²) in [6.07, 6.45) is 0.115. The van der Waals surface area contributed by atoms with Crippen molar-refractivity contribution in [1.29, 1.82) is 0 Å². The molecule has 0 aliphatic carbocycles. The Balaban J connectivity index is 2.68. The van der Waals surface area contributed by atoms with Crippen molar-refractivity contribution in [2.24, 2.45) is 0 Å². The van der Waals surface area contributed by atoms with E-state index < -0.39 is 26.1 Å². The second kappa shape index (κ2) is 9.90. The first-order valence-electron chi connectivity index (χ1n) is 10.1. The highest BCUT2D eigenvalue weighted by Gasteiger charge is 2.37. The van der Waals surface area contributed by atoms with E-state index in [4.69, 9.17) is 9.16 Å². The third-order valence-electron chi connectivity index (χ3n) is 5.12. The van der Waals surface area contributed by atoms with Gasteiger partial charge in [-0.15, -0.1) is 0 Å². The first-order valence-corrected chi connectivity index (χ1v) is 13.0. The predicted octanol–water partition coefficient (Wildman–Crippen LogP) is 5.42. The summed E-state index contributed by atoms with van der Waals surface area (Å²) in [5.74, 6) is 0. The lowest BCUT2D eigenvalue weighted by Gasteiger charge is -2.36. The number of nitrogens with one attached hydrogen (secondary N) is 1. The molecule has 0 radical (unpaired) electrons. The summed E-state index contributed by atoms with van der Waals surface area (Å²) in [6, 6.07) is 9.54. The van der Waals surface area contributed by atoms with E-state index in [1.165, 1.54) is 0 Å². The van der Waals surface area contributed by atoms with Crippen molar-refractivity contribution in [3.8, 4) is 0 Å². The predicted molar refractivity (Wildman–Crippen MR) is 117 cm³/mol. The van der Waals surface area contributed by atoms with Crippen LogP contribution in [0.5, 0.6) is 0 Å². The van der Waals surface area contributed by atoms with E-state index in [1.807, 2.05) is 51.1 Å². The maximum absolute atomic E-state index is 12.2. The maximum Gasteiger partial charge on any atom is 0.408 e. The molecule has 0 aromatic heterocycles. The van der Waals surface area contributed by atoms with Crippen LogP contribution in [-0.2, 0) is 9.16 Å². The number of carbonyl (C=O) groups excluding carboxylic acids is 1. The van der Waals surface area contributed by atoms with Gasteiger partial charge in [0.15, 0.2) is 8.32 Å². The average molecular weight is 410 g/mol. The molecule has 2 unspecified atom stereocenters. The van der Waals surface area contributed by atoms with E-state index in [-0.39, 0.29) is 11.1 Å². The molecular weight excluding hydrogens is 370 g/mol. The van der Waals surface area contributed by atoms with E-state index in [9.17, 15) is 9.90 Å². The van der Waals surface area contributed by atoms with Crippen LogP contribution in [0.4, 0.5) is 4.79 Å². The second-order valence-electron chi connectivity index (χ2n) is 9.91. The number of alkyl carbamates (subject to hydrolysis) is 1. The van der Waals surface area contributed by atoms with Gasteiger partial charge in [0.05, 0.1) is 18.8 Å². The zero-order chi connectivity index (χ0) is 21.6. The number of hydrogen-bond donors (Lipinski definition) is 2. The van der Waals surface area contributed by atoms with Gasteiger partial charge < -0.3 is 19.6 Å². The van der Waals surface area contributed by atoms with E-state index in [0.717, 1.165) is 5.56 Å². The molecule has 0 aliphatic heterocycles. The molecule has 2 atom stereocenters. The molecule has 28 heavy (non-hydrogen) atoms. The number of hydrogen-bond acceptors (Lipinski definition) is 4. The number of aliphatic hydroxyl groups excluding tert-OH is 1. The topological polar surface area (TPSA) is 67.8 Å². The van der Waals surface area contributed by atoms with Gasteiger partial charge in [0.1, 0.15) is 5.60 Å². The number of amides is 1. The molecule has 160 valence electrons.